The Hall–Kier alpha value is -3.40. The molecule has 10 heteroatoms. The van der Waals surface area contributed by atoms with Gasteiger partial charge >= 0.3 is 11.8 Å². The number of piperidine rings is 1. The summed E-state index contributed by atoms with van der Waals surface area (Å²) in [5.41, 5.74) is 1.33. The van der Waals surface area contributed by atoms with Crippen LogP contribution in [0.1, 0.15) is 42.4 Å². The Kier molecular flexibility index (Phi) is 6.64. The first kappa shape index (κ1) is 22.8. The summed E-state index contributed by atoms with van der Waals surface area (Å²) < 4.78 is 39.7. The van der Waals surface area contributed by atoms with Crippen LogP contribution in [0.15, 0.2) is 51.9 Å². The first-order valence-electron chi connectivity index (χ1n) is 10.9. The quantitative estimate of drug-likeness (QED) is 0.557. The van der Waals surface area contributed by atoms with E-state index in [0.29, 0.717) is 42.3 Å². The summed E-state index contributed by atoms with van der Waals surface area (Å²) in [6.07, 6.45) is 3.00. The second kappa shape index (κ2) is 9.62. The summed E-state index contributed by atoms with van der Waals surface area (Å²) >= 11 is 0. The molecule has 0 radical (unpaired) electrons. The molecule has 2 aromatic carbocycles. The number of nitrogens with zero attached hydrogens (tertiary/aromatic N) is 3. The van der Waals surface area contributed by atoms with Gasteiger partial charge in [0.25, 0.3) is 10.0 Å². The summed E-state index contributed by atoms with van der Waals surface area (Å²) in [5.74, 6) is 0.196. The lowest BCUT2D eigenvalue weighted by Crippen LogP contribution is -2.35. The molecule has 1 saturated heterocycles. The lowest BCUT2D eigenvalue weighted by Gasteiger charge is -2.24. The Labute approximate surface area is 192 Å². The standard InChI is InChI=1S/C23H26N4O5S/c1-3-31-19-10-6-5-9-18(19)26-33(29,30)20-15-17(12-11-16(20)2)21-24-22(32-25-21)23(28)27-13-7-4-8-14-27/h5-6,9-12,15,26H,3-4,7-8,13-14H2,1-2H3. The van der Waals surface area contributed by atoms with Gasteiger partial charge in [0.05, 0.1) is 17.2 Å². The lowest BCUT2D eigenvalue weighted by atomic mass is 10.1. The van der Waals surface area contributed by atoms with Gasteiger partial charge in [0.15, 0.2) is 0 Å². The maximum atomic E-state index is 13.2. The van der Waals surface area contributed by atoms with E-state index >= 15 is 0 Å². The van der Waals surface area contributed by atoms with Gasteiger partial charge in [-0.3, -0.25) is 9.52 Å². The van der Waals surface area contributed by atoms with Crippen LogP contribution in [0.5, 0.6) is 5.75 Å². The number of likely N-dealkylation sites (tertiary alicyclic amines) is 1. The van der Waals surface area contributed by atoms with Gasteiger partial charge in [-0.1, -0.05) is 29.4 Å². The Morgan fingerprint density at radius 2 is 1.91 bits per heavy atom. The average molecular weight is 471 g/mol. The third kappa shape index (κ3) is 5.00. The fourth-order valence-corrected chi connectivity index (χ4v) is 5.06. The number of nitrogens with one attached hydrogen (secondary N) is 1. The van der Waals surface area contributed by atoms with Crippen LogP contribution in [0.4, 0.5) is 5.69 Å². The Bertz CT molecular complexity index is 1250. The molecule has 1 fully saturated rings. The summed E-state index contributed by atoms with van der Waals surface area (Å²) in [6.45, 7) is 5.27. The van der Waals surface area contributed by atoms with Gasteiger partial charge in [0.1, 0.15) is 5.75 Å². The summed E-state index contributed by atoms with van der Waals surface area (Å²) in [4.78, 5) is 18.6. The molecule has 0 bridgehead atoms. The molecule has 174 valence electrons. The minimum Gasteiger partial charge on any atom is -0.492 e. The van der Waals surface area contributed by atoms with E-state index in [4.69, 9.17) is 9.26 Å². The van der Waals surface area contributed by atoms with Crippen molar-refractivity contribution < 1.29 is 22.5 Å². The van der Waals surface area contributed by atoms with Crippen LogP contribution in [0, 0.1) is 6.92 Å². The zero-order valence-electron chi connectivity index (χ0n) is 18.6. The molecule has 0 aliphatic carbocycles. The van der Waals surface area contributed by atoms with E-state index in [1.54, 1.807) is 48.2 Å². The predicted octanol–water partition coefficient (Wildman–Crippen LogP) is 3.87. The first-order valence-corrected chi connectivity index (χ1v) is 12.4. The maximum absolute atomic E-state index is 13.2. The third-order valence-corrected chi connectivity index (χ3v) is 6.93. The van der Waals surface area contributed by atoms with Gasteiger partial charge < -0.3 is 14.2 Å². The molecule has 1 amide bonds. The largest absolute Gasteiger partial charge is 0.492 e. The minimum atomic E-state index is -3.93. The van der Waals surface area contributed by atoms with Crippen molar-refractivity contribution in [1.29, 1.82) is 0 Å². The predicted molar refractivity (Wildman–Crippen MR) is 123 cm³/mol. The fourth-order valence-electron chi connectivity index (χ4n) is 3.72. The van der Waals surface area contributed by atoms with E-state index in [-0.39, 0.29) is 22.5 Å². The Morgan fingerprint density at radius 3 is 2.67 bits per heavy atom. The number of aromatic nitrogens is 2. The van der Waals surface area contributed by atoms with Crippen LogP contribution >= 0.6 is 0 Å². The van der Waals surface area contributed by atoms with Crippen LogP contribution in [-0.4, -0.2) is 49.1 Å². The number of benzene rings is 2. The monoisotopic (exact) mass is 470 g/mol. The highest BCUT2D eigenvalue weighted by Crippen LogP contribution is 2.29. The van der Waals surface area contributed by atoms with Crippen molar-refractivity contribution in [3.63, 3.8) is 0 Å². The van der Waals surface area contributed by atoms with Crippen LogP contribution in [0.25, 0.3) is 11.4 Å². The van der Waals surface area contributed by atoms with Gasteiger partial charge in [-0.15, -0.1) is 0 Å². The van der Waals surface area contributed by atoms with Gasteiger partial charge in [-0.2, -0.15) is 4.98 Å². The van der Waals surface area contributed by atoms with Gasteiger partial charge in [-0.05, 0) is 56.9 Å². The van der Waals surface area contributed by atoms with Gasteiger partial charge in [0.2, 0.25) is 5.82 Å². The van der Waals surface area contributed by atoms with Crippen molar-refractivity contribution >= 4 is 21.6 Å². The van der Waals surface area contributed by atoms with Crippen LogP contribution < -0.4 is 9.46 Å². The average Bonchev–Trinajstić information content (AvgIpc) is 3.31. The smallest absolute Gasteiger partial charge is 0.316 e. The van der Waals surface area contributed by atoms with Gasteiger partial charge in [-0.25, -0.2) is 8.42 Å². The van der Waals surface area contributed by atoms with E-state index in [0.717, 1.165) is 19.3 Å². The van der Waals surface area contributed by atoms with Crippen LogP contribution in [-0.2, 0) is 10.0 Å². The zero-order valence-corrected chi connectivity index (χ0v) is 19.4. The molecule has 0 atom stereocenters. The normalized spacial score (nSPS) is 14.2. The van der Waals surface area contributed by atoms with Crippen molar-refractivity contribution in [3.05, 3.63) is 53.9 Å². The number of anilines is 1. The molecule has 33 heavy (non-hydrogen) atoms. The number of hydrogen-bond donors (Lipinski definition) is 1. The lowest BCUT2D eigenvalue weighted by molar-refractivity contribution is 0.0674. The molecule has 3 aromatic rings. The van der Waals surface area contributed by atoms with E-state index in [9.17, 15) is 13.2 Å². The van der Waals surface area contributed by atoms with E-state index in [2.05, 4.69) is 14.9 Å². The molecule has 4 rings (SSSR count). The molecule has 1 N–H and O–H groups in total. The molecule has 0 unspecified atom stereocenters. The summed E-state index contributed by atoms with van der Waals surface area (Å²) in [7, 11) is -3.93. The Morgan fingerprint density at radius 1 is 1.15 bits per heavy atom. The summed E-state index contributed by atoms with van der Waals surface area (Å²) in [6, 6.07) is 11.7. The molecule has 0 spiro atoms. The van der Waals surface area contributed by atoms with Crippen molar-refractivity contribution in [2.75, 3.05) is 24.4 Å². The number of ether oxygens (including phenoxy) is 1. The second-order valence-corrected chi connectivity index (χ2v) is 9.44. The number of amides is 1. The fraction of sp³-hybridized carbons (Fsp3) is 0.348. The maximum Gasteiger partial charge on any atom is 0.316 e. The van der Waals surface area contributed by atoms with Gasteiger partial charge in [0, 0.05) is 18.7 Å². The topological polar surface area (TPSA) is 115 Å². The second-order valence-electron chi connectivity index (χ2n) is 7.79. The Balaban J connectivity index is 1.61. The van der Waals surface area contributed by atoms with Crippen molar-refractivity contribution in [3.8, 4) is 17.1 Å². The van der Waals surface area contributed by atoms with E-state index in [1.807, 2.05) is 6.92 Å². The van der Waals surface area contributed by atoms with Crippen LogP contribution in [0.3, 0.4) is 0 Å². The number of carbonyl (C=O) groups excluding carboxylic acids is 1. The SMILES string of the molecule is CCOc1ccccc1NS(=O)(=O)c1cc(-c2noc(C(=O)N3CCCCC3)n2)ccc1C. The molecular formula is C23H26N4O5S. The van der Waals surface area contributed by atoms with Crippen LogP contribution in [0.2, 0.25) is 0 Å². The highest BCUT2D eigenvalue weighted by atomic mass is 32.2. The molecule has 0 saturated carbocycles. The molecule has 2 heterocycles. The molecule has 9 nitrogen and oxygen atoms in total. The zero-order chi connectivity index (χ0) is 23.4. The molecule has 1 aliphatic heterocycles. The van der Waals surface area contributed by atoms with Crippen molar-refractivity contribution in [2.24, 2.45) is 0 Å². The van der Waals surface area contributed by atoms with E-state index < -0.39 is 10.0 Å². The molecular weight excluding hydrogens is 444 g/mol. The highest BCUT2D eigenvalue weighted by Gasteiger charge is 2.25. The number of sulfonamides is 1. The number of hydrogen-bond acceptors (Lipinski definition) is 7. The highest BCUT2D eigenvalue weighted by molar-refractivity contribution is 7.92. The third-order valence-electron chi connectivity index (χ3n) is 5.42. The van der Waals surface area contributed by atoms with Crippen molar-refractivity contribution in [1.82, 2.24) is 15.0 Å². The van der Waals surface area contributed by atoms with E-state index in [1.165, 1.54) is 6.07 Å². The molecule has 1 aliphatic rings. The number of para-hydroxylation sites is 2. The first-order chi connectivity index (χ1) is 15.9. The number of rotatable bonds is 7. The molecule has 1 aromatic heterocycles. The number of carbonyl (C=O) groups is 1. The van der Waals surface area contributed by atoms with Crippen molar-refractivity contribution in [2.45, 2.75) is 38.0 Å². The summed E-state index contributed by atoms with van der Waals surface area (Å²) in [5, 5.41) is 3.91. The minimum absolute atomic E-state index is 0.0695. The number of aryl methyl sites for hydroxylation is 1.